The van der Waals surface area contributed by atoms with Crippen molar-refractivity contribution in [2.24, 2.45) is 0 Å². The Morgan fingerprint density at radius 3 is 2.42 bits per heavy atom. The third-order valence-corrected chi connectivity index (χ3v) is 5.73. The Labute approximate surface area is 148 Å². The highest BCUT2D eigenvalue weighted by atomic mass is 35.5. The van der Waals surface area contributed by atoms with Gasteiger partial charge in [-0.05, 0) is 30.7 Å². The highest BCUT2D eigenvalue weighted by Crippen LogP contribution is 2.15. The molecule has 0 bridgehead atoms. The topological polar surface area (TPSA) is 69.7 Å². The maximum absolute atomic E-state index is 12.9. The van der Waals surface area contributed by atoms with E-state index in [-0.39, 0.29) is 29.8 Å². The minimum atomic E-state index is -3.65. The molecule has 2 rings (SSSR count). The average Bonchev–Trinajstić information content (AvgIpc) is 2.55. The Morgan fingerprint density at radius 2 is 1.83 bits per heavy atom. The molecule has 0 radical (unpaired) electrons. The zero-order valence-electron chi connectivity index (χ0n) is 13.6. The van der Waals surface area contributed by atoms with Gasteiger partial charge in [-0.25, -0.2) is 17.1 Å². The number of piperazine rings is 1. The van der Waals surface area contributed by atoms with Gasteiger partial charge in [-0.1, -0.05) is 0 Å². The van der Waals surface area contributed by atoms with Crippen molar-refractivity contribution in [1.82, 2.24) is 14.5 Å². The number of rotatable bonds is 6. The van der Waals surface area contributed by atoms with E-state index in [0.717, 1.165) is 25.2 Å². The highest BCUT2D eigenvalue weighted by Gasteiger charge is 2.21. The van der Waals surface area contributed by atoms with Gasteiger partial charge in [0, 0.05) is 46.2 Å². The van der Waals surface area contributed by atoms with Crippen LogP contribution >= 0.6 is 12.4 Å². The molecule has 1 aromatic carbocycles. The summed E-state index contributed by atoms with van der Waals surface area (Å²) in [7, 11) is -2.18. The molecule has 1 aromatic rings. The first kappa shape index (κ1) is 20.8. The average molecular weight is 380 g/mol. The van der Waals surface area contributed by atoms with Crippen LogP contribution < -0.4 is 5.32 Å². The van der Waals surface area contributed by atoms with Crippen molar-refractivity contribution >= 4 is 28.3 Å². The summed E-state index contributed by atoms with van der Waals surface area (Å²) in [6, 6.07) is 4.73. The molecule has 1 heterocycles. The van der Waals surface area contributed by atoms with Gasteiger partial charge in [-0.15, -0.1) is 12.4 Å². The lowest BCUT2D eigenvalue weighted by Gasteiger charge is -2.27. The Kier molecular flexibility index (Phi) is 8.08. The summed E-state index contributed by atoms with van der Waals surface area (Å²) in [4.78, 5) is 13.9. The summed E-state index contributed by atoms with van der Waals surface area (Å²) < 4.78 is 38.7. The van der Waals surface area contributed by atoms with E-state index in [1.54, 1.807) is 4.90 Å². The van der Waals surface area contributed by atoms with E-state index in [9.17, 15) is 17.6 Å². The second-order valence-corrected chi connectivity index (χ2v) is 7.56. The number of hydrogen-bond acceptors (Lipinski definition) is 4. The minimum absolute atomic E-state index is 0. The molecule has 136 valence electrons. The van der Waals surface area contributed by atoms with Crippen LogP contribution in [0.4, 0.5) is 4.39 Å². The lowest BCUT2D eigenvalue weighted by molar-refractivity contribution is -0.131. The zero-order chi connectivity index (χ0) is 16.9. The van der Waals surface area contributed by atoms with Gasteiger partial charge in [0.2, 0.25) is 15.9 Å². The summed E-state index contributed by atoms with van der Waals surface area (Å²) in [6.07, 6.45) is 0.781. The molecule has 0 aliphatic carbocycles. The SMILES string of the molecule is CN(CCCC(=O)N1CCNCC1)S(=O)(=O)c1ccc(F)cc1.Cl. The Balaban J connectivity index is 0.00000288. The quantitative estimate of drug-likeness (QED) is 0.803. The maximum atomic E-state index is 12.9. The summed E-state index contributed by atoms with van der Waals surface area (Å²) in [5.74, 6) is -0.424. The number of amides is 1. The number of carbonyl (C=O) groups is 1. The summed E-state index contributed by atoms with van der Waals surface area (Å²) in [5, 5.41) is 3.18. The van der Waals surface area contributed by atoms with Crippen LogP contribution in [-0.4, -0.2) is 63.3 Å². The van der Waals surface area contributed by atoms with E-state index in [2.05, 4.69) is 5.32 Å². The van der Waals surface area contributed by atoms with Gasteiger partial charge in [0.05, 0.1) is 4.90 Å². The molecule has 1 fully saturated rings. The molecule has 1 N–H and O–H groups in total. The van der Waals surface area contributed by atoms with Gasteiger partial charge >= 0.3 is 0 Å². The predicted molar refractivity (Wildman–Crippen MR) is 92.1 cm³/mol. The van der Waals surface area contributed by atoms with Gasteiger partial charge < -0.3 is 10.2 Å². The number of sulfonamides is 1. The highest BCUT2D eigenvalue weighted by molar-refractivity contribution is 7.89. The fraction of sp³-hybridized carbons (Fsp3) is 0.533. The number of hydrogen-bond donors (Lipinski definition) is 1. The van der Waals surface area contributed by atoms with Crippen LogP contribution in [0, 0.1) is 5.82 Å². The maximum Gasteiger partial charge on any atom is 0.242 e. The van der Waals surface area contributed by atoms with E-state index in [1.165, 1.54) is 23.5 Å². The molecule has 1 amide bonds. The van der Waals surface area contributed by atoms with Gasteiger partial charge in [-0.3, -0.25) is 4.79 Å². The van der Waals surface area contributed by atoms with E-state index in [1.807, 2.05) is 0 Å². The van der Waals surface area contributed by atoms with Crippen LogP contribution in [0.2, 0.25) is 0 Å². The third-order valence-electron chi connectivity index (χ3n) is 3.86. The summed E-state index contributed by atoms with van der Waals surface area (Å²) in [6.45, 7) is 3.23. The summed E-state index contributed by atoms with van der Waals surface area (Å²) in [5.41, 5.74) is 0. The van der Waals surface area contributed by atoms with Crippen molar-refractivity contribution in [1.29, 1.82) is 0 Å². The molecule has 0 atom stereocenters. The van der Waals surface area contributed by atoms with Crippen LogP contribution in [0.25, 0.3) is 0 Å². The van der Waals surface area contributed by atoms with Gasteiger partial charge in [0.25, 0.3) is 0 Å². The Bertz CT molecular complexity index is 634. The molecule has 1 saturated heterocycles. The lowest BCUT2D eigenvalue weighted by atomic mass is 10.2. The van der Waals surface area contributed by atoms with E-state index in [4.69, 9.17) is 0 Å². The van der Waals surface area contributed by atoms with Crippen molar-refractivity contribution in [2.45, 2.75) is 17.7 Å². The monoisotopic (exact) mass is 379 g/mol. The Hall–Kier alpha value is -1.22. The number of carbonyl (C=O) groups excluding carboxylic acids is 1. The van der Waals surface area contributed by atoms with Crippen molar-refractivity contribution in [3.8, 4) is 0 Å². The standard InChI is InChI=1S/C15H22FN3O3S.ClH/c1-18(23(21,22)14-6-4-13(16)5-7-14)10-2-3-15(20)19-11-8-17-9-12-19;/h4-7,17H,2-3,8-12H2,1H3;1H. The second kappa shape index (κ2) is 9.31. The molecule has 1 aliphatic heterocycles. The number of nitrogens with one attached hydrogen (secondary N) is 1. The normalized spacial score (nSPS) is 15.2. The third kappa shape index (κ3) is 5.41. The molecule has 24 heavy (non-hydrogen) atoms. The van der Waals surface area contributed by atoms with Crippen LogP contribution in [0.1, 0.15) is 12.8 Å². The first-order chi connectivity index (χ1) is 10.9. The molecule has 0 spiro atoms. The minimum Gasteiger partial charge on any atom is -0.340 e. The van der Waals surface area contributed by atoms with Crippen LogP contribution in [0.3, 0.4) is 0 Å². The first-order valence-corrected chi connectivity index (χ1v) is 9.05. The molecule has 0 aromatic heterocycles. The van der Waals surface area contributed by atoms with E-state index >= 15 is 0 Å². The molecule has 1 aliphatic rings. The van der Waals surface area contributed by atoms with E-state index < -0.39 is 15.8 Å². The van der Waals surface area contributed by atoms with Crippen molar-refractivity contribution < 1.29 is 17.6 Å². The zero-order valence-corrected chi connectivity index (χ0v) is 15.2. The van der Waals surface area contributed by atoms with Crippen molar-refractivity contribution in [3.63, 3.8) is 0 Å². The number of halogens is 2. The fourth-order valence-corrected chi connectivity index (χ4v) is 3.64. The first-order valence-electron chi connectivity index (χ1n) is 7.61. The van der Waals surface area contributed by atoms with Crippen molar-refractivity contribution in [3.05, 3.63) is 30.1 Å². The van der Waals surface area contributed by atoms with Crippen LogP contribution in [-0.2, 0) is 14.8 Å². The molecule has 9 heteroatoms. The molecular weight excluding hydrogens is 357 g/mol. The number of nitrogens with zero attached hydrogens (tertiary/aromatic N) is 2. The summed E-state index contributed by atoms with van der Waals surface area (Å²) >= 11 is 0. The molecule has 0 unspecified atom stereocenters. The molecule has 6 nitrogen and oxygen atoms in total. The van der Waals surface area contributed by atoms with Crippen molar-refractivity contribution in [2.75, 3.05) is 39.8 Å². The number of benzene rings is 1. The van der Waals surface area contributed by atoms with Gasteiger partial charge in [0.15, 0.2) is 0 Å². The largest absolute Gasteiger partial charge is 0.340 e. The fourth-order valence-electron chi connectivity index (χ4n) is 2.43. The van der Waals surface area contributed by atoms with E-state index in [0.29, 0.717) is 25.9 Å². The van der Waals surface area contributed by atoms with Gasteiger partial charge in [0.1, 0.15) is 5.82 Å². The molecule has 0 saturated carbocycles. The Morgan fingerprint density at radius 1 is 1.25 bits per heavy atom. The second-order valence-electron chi connectivity index (χ2n) is 5.51. The lowest BCUT2D eigenvalue weighted by Crippen LogP contribution is -2.46. The molecular formula is C15H23ClFN3O3S. The predicted octanol–water partition coefficient (Wildman–Crippen LogP) is 1.08. The van der Waals surface area contributed by atoms with Crippen LogP contribution in [0.15, 0.2) is 29.2 Å². The van der Waals surface area contributed by atoms with Gasteiger partial charge in [-0.2, -0.15) is 0 Å². The van der Waals surface area contributed by atoms with Crippen LogP contribution in [0.5, 0.6) is 0 Å². The smallest absolute Gasteiger partial charge is 0.242 e.